The van der Waals surface area contributed by atoms with Gasteiger partial charge in [0, 0.05) is 0 Å². The third kappa shape index (κ3) is 5.77. The van der Waals surface area contributed by atoms with Crippen molar-refractivity contribution in [1.29, 1.82) is 0 Å². The van der Waals surface area contributed by atoms with Crippen molar-refractivity contribution < 1.29 is 4.57 Å². The molecule has 0 unspecified atom stereocenters. The highest BCUT2D eigenvalue weighted by atomic mass is 32.1. The molecule has 24 heavy (non-hydrogen) atoms. The zero-order valence-corrected chi connectivity index (χ0v) is 16.7. The van der Waals surface area contributed by atoms with Gasteiger partial charge in [-0.15, -0.1) is 0 Å². The highest BCUT2D eigenvalue weighted by molar-refractivity contribution is 7.21. The van der Waals surface area contributed by atoms with Crippen molar-refractivity contribution in [2.24, 2.45) is 7.05 Å². The first-order valence-electron chi connectivity index (χ1n) is 9.82. The summed E-state index contributed by atoms with van der Waals surface area (Å²) in [7, 11) is 4.42. The summed E-state index contributed by atoms with van der Waals surface area (Å²) in [5, 5.41) is 1.37. The number of aryl methyl sites for hydroxylation is 1. The topological polar surface area (TPSA) is 7.12 Å². The van der Waals surface area contributed by atoms with Crippen LogP contribution < -0.4 is 9.47 Å². The Kier molecular flexibility index (Phi) is 8.58. The minimum atomic E-state index is 1.16. The molecule has 0 N–H and O–H groups in total. The quantitative estimate of drug-likeness (QED) is 0.333. The van der Waals surface area contributed by atoms with E-state index in [1.807, 2.05) is 11.3 Å². The van der Waals surface area contributed by atoms with Gasteiger partial charge < -0.3 is 0 Å². The molecule has 2 nitrogen and oxygen atoms in total. The van der Waals surface area contributed by atoms with Crippen LogP contribution in [0, 0.1) is 0 Å². The van der Waals surface area contributed by atoms with Crippen molar-refractivity contribution in [1.82, 2.24) is 0 Å². The van der Waals surface area contributed by atoms with E-state index < -0.39 is 0 Å². The number of fused-ring (bicyclic) bond motifs is 1. The Morgan fingerprint density at radius 3 is 2.08 bits per heavy atom. The van der Waals surface area contributed by atoms with Gasteiger partial charge in [0.25, 0.3) is 0 Å². The molecule has 0 aliphatic carbocycles. The smallest absolute Gasteiger partial charge is 0.255 e. The molecule has 0 atom stereocenters. The Balaban J connectivity index is 1.61. The Morgan fingerprint density at radius 2 is 1.46 bits per heavy atom. The van der Waals surface area contributed by atoms with Gasteiger partial charge in [-0.1, -0.05) is 70.4 Å². The Morgan fingerprint density at radius 1 is 0.875 bits per heavy atom. The number of hydrogen-bond acceptors (Lipinski definition) is 2. The second kappa shape index (κ2) is 10.7. The average molecular weight is 348 g/mol. The van der Waals surface area contributed by atoms with Gasteiger partial charge in [0.1, 0.15) is 5.52 Å². The standard InChI is InChI=1S/C21H35N2S/c1-4-5-6-7-8-9-10-11-12-15-18-22(2)21-23(3)19-16-13-14-17-20(19)24-21/h13-14,16-17H,4-12,15,18H2,1-3H3/q+1. The van der Waals surface area contributed by atoms with Gasteiger partial charge in [-0.05, 0) is 36.3 Å². The van der Waals surface area contributed by atoms with Crippen molar-refractivity contribution in [2.75, 3.05) is 18.5 Å². The summed E-state index contributed by atoms with van der Waals surface area (Å²) in [5.74, 6) is 0. The second-order valence-corrected chi connectivity index (χ2v) is 8.02. The van der Waals surface area contributed by atoms with E-state index in [0.717, 1.165) is 6.54 Å². The molecular weight excluding hydrogens is 312 g/mol. The monoisotopic (exact) mass is 347 g/mol. The number of nitrogens with zero attached hydrogens (tertiary/aromatic N) is 2. The number of anilines is 1. The highest BCUT2D eigenvalue weighted by Gasteiger charge is 2.18. The molecule has 0 aliphatic heterocycles. The second-order valence-electron chi connectivity index (χ2n) is 7.01. The van der Waals surface area contributed by atoms with Crippen molar-refractivity contribution in [3.63, 3.8) is 0 Å². The molecule has 0 spiro atoms. The van der Waals surface area contributed by atoms with Gasteiger partial charge in [-0.2, -0.15) is 0 Å². The van der Waals surface area contributed by atoms with Crippen molar-refractivity contribution in [3.8, 4) is 0 Å². The summed E-state index contributed by atoms with van der Waals surface area (Å²) in [6.07, 6.45) is 14.0. The zero-order valence-electron chi connectivity index (χ0n) is 15.9. The van der Waals surface area contributed by atoms with E-state index in [-0.39, 0.29) is 0 Å². The first-order valence-corrected chi connectivity index (χ1v) is 10.6. The molecule has 1 aromatic heterocycles. The van der Waals surface area contributed by atoms with Crippen LogP contribution >= 0.6 is 11.3 Å². The molecule has 1 aromatic carbocycles. The molecule has 134 valence electrons. The molecule has 0 saturated heterocycles. The molecule has 0 bridgehead atoms. The van der Waals surface area contributed by atoms with Gasteiger partial charge in [0.15, 0.2) is 0 Å². The van der Waals surface area contributed by atoms with Crippen LogP contribution in [0.2, 0.25) is 0 Å². The van der Waals surface area contributed by atoms with Crippen LogP contribution in [0.25, 0.3) is 10.2 Å². The van der Waals surface area contributed by atoms with Crippen molar-refractivity contribution in [2.45, 2.75) is 71.1 Å². The lowest BCUT2D eigenvalue weighted by molar-refractivity contribution is -0.628. The molecule has 0 radical (unpaired) electrons. The Labute approximate surface area is 152 Å². The van der Waals surface area contributed by atoms with E-state index in [2.05, 4.69) is 54.8 Å². The van der Waals surface area contributed by atoms with Crippen LogP contribution in [0.5, 0.6) is 0 Å². The number of rotatable bonds is 12. The number of para-hydroxylation sites is 1. The number of benzene rings is 1. The molecule has 3 heteroatoms. The van der Waals surface area contributed by atoms with Crippen LogP contribution in [-0.2, 0) is 7.05 Å². The third-order valence-electron chi connectivity index (χ3n) is 4.89. The van der Waals surface area contributed by atoms with E-state index >= 15 is 0 Å². The van der Waals surface area contributed by atoms with Gasteiger partial charge in [0.2, 0.25) is 0 Å². The zero-order chi connectivity index (χ0) is 17.2. The number of thiazole rings is 1. The fourth-order valence-electron chi connectivity index (χ4n) is 3.36. The lowest BCUT2D eigenvalue weighted by Gasteiger charge is -2.10. The SMILES string of the molecule is CCCCCCCCCCCCN(C)c1sc2ccccc2[n+]1C. The third-order valence-corrected chi connectivity index (χ3v) is 6.22. The van der Waals surface area contributed by atoms with E-state index in [4.69, 9.17) is 0 Å². The molecule has 0 fully saturated rings. The minimum absolute atomic E-state index is 1.16. The predicted octanol–water partition coefficient (Wildman–Crippen LogP) is 6.08. The fourth-order valence-corrected chi connectivity index (χ4v) is 4.49. The first kappa shape index (κ1) is 19.2. The van der Waals surface area contributed by atoms with Crippen LogP contribution in [0.1, 0.15) is 71.1 Å². The average Bonchev–Trinajstić information content (AvgIpc) is 2.94. The largest absolute Gasteiger partial charge is 0.336 e. The van der Waals surface area contributed by atoms with E-state index in [1.54, 1.807) is 0 Å². The van der Waals surface area contributed by atoms with Gasteiger partial charge in [-0.25, -0.2) is 4.57 Å². The maximum Gasteiger partial charge on any atom is 0.336 e. The first-order chi connectivity index (χ1) is 11.7. The number of unbranched alkanes of at least 4 members (excludes halogenated alkanes) is 9. The summed E-state index contributed by atoms with van der Waals surface area (Å²) in [6.45, 7) is 3.45. The van der Waals surface area contributed by atoms with Crippen LogP contribution in [0.15, 0.2) is 24.3 Å². The maximum atomic E-state index is 2.43. The van der Waals surface area contributed by atoms with Crippen molar-refractivity contribution in [3.05, 3.63) is 24.3 Å². The van der Waals surface area contributed by atoms with E-state index in [0.29, 0.717) is 0 Å². The summed E-state index contributed by atoms with van der Waals surface area (Å²) in [4.78, 5) is 2.43. The maximum absolute atomic E-state index is 2.43. The van der Waals surface area contributed by atoms with Gasteiger partial charge in [0.05, 0.1) is 25.3 Å². The lowest BCUT2D eigenvalue weighted by Crippen LogP contribution is -2.35. The predicted molar refractivity (Wildman–Crippen MR) is 108 cm³/mol. The molecule has 0 aliphatic rings. The molecule has 2 rings (SSSR count). The Hall–Kier alpha value is -1.09. The summed E-state index contributed by atoms with van der Waals surface area (Å²) in [6, 6.07) is 8.69. The van der Waals surface area contributed by atoms with E-state index in [9.17, 15) is 0 Å². The van der Waals surface area contributed by atoms with Crippen LogP contribution in [-0.4, -0.2) is 13.6 Å². The van der Waals surface area contributed by atoms with Crippen LogP contribution in [0.4, 0.5) is 5.13 Å². The molecule has 1 heterocycles. The van der Waals surface area contributed by atoms with Gasteiger partial charge in [-0.3, -0.25) is 4.90 Å². The summed E-state index contributed by atoms with van der Waals surface area (Å²) < 4.78 is 3.71. The highest BCUT2D eigenvalue weighted by Crippen LogP contribution is 2.25. The Bertz CT molecular complexity index is 591. The van der Waals surface area contributed by atoms with Crippen LogP contribution in [0.3, 0.4) is 0 Å². The number of hydrogen-bond donors (Lipinski definition) is 0. The lowest BCUT2D eigenvalue weighted by atomic mass is 10.1. The van der Waals surface area contributed by atoms with Gasteiger partial charge >= 0.3 is 5.13 Å². The fraction of sp³-hybridized carbons (Fsp3) is 0.667. The number of aromatic nitrogens is 1. The molecule has 0 amide bonds. The summed E-state index contributed by atoms with van der Waals surface area (Å²) in [5.41, 5.74) is 1.34. The minimum Gasteiger partial charge on any atom is -0.255 e. The summed E-state index contributed by atoms with van der Waals surface area (Å²) >= 11 is 1.90. The molecule has 2 aromatic rings. The molecule has 0 saturated carbocycles. The molecular formula is C21H35N2S+. The van der Waals surface area contributed by atoms with E-state index in [1.165, 1.54) is 79.6 Å². The normalized spacial score (nSPS) is 11.3. The van der Waals surface area contributed by atoms with Crippen molar-refractivity contribution >= 4 is 26.7 Å².